The van der Waals surface area contributed by atoms with Crippen LogP contribution in [0.3, 0.4) is 0 Å². The monoisotopic (exact) mass is 414 g/mol. The van der Waals surface area contributed by atoms with Crippen LogP contribution in [0.5, 0.6) is 0 Å². The minimum absolute atomic E-state index is 0.0546. The summed E-state index contributed by atoms with van der Waals surface area (Å²) in [4.78, 5) is 14.6. The molecule has 0 aliphatic carbocycles. The lowest BCUT2D eigenvalue weighted by atomic mass is 9.96. The van der Waals surface area contributed by atoms with Crippen molar-refractivity contribution in [3.63, 3.8) is 0 Å². The Bertz CT molecular complexity index is 778. The molecule has 1 aromatic rings. The summed E-state index contributed by atoms with van der Waals surface area (Å²) in [5.41, 5.74) is -0.123. The van der Waals surface area contributed by atoms with Crippen LogP contribution >= 0.6 is 0 Å². The summed E-state index contributed by atoms with van der Waals surface area (Å²) >= 11 is 0. The number of carbonyl (C=O) groups is 1. The van der Waals surface area contributed by atoms with E-state index in [1.807, 2.05) is 0 Å². The van der Waals surface area contributed by atoms with E-state index >= 15 is 0 Å². The minimum atomic E-state index is -3.66. The van der Waals surface area contributed by atoms with Gasteiger partial charge in [0.2, 0.25) is 15.9 Å². The maximum atomic E-state index is 13.1. The molecule has 1 spiro atoms. The summed E-state index contributed by atoms with van der Waals surface area (Å²) in [6.45, 7) is 2.24. The van der Waals surface area contributed by atoms with Crippen molar-refractivity contribution in [3.8, 4) is 0 Å². The molecule has 0 N–H and O–H groups in total. The maximum absolute atomic E-state index is 13.1. The zero-order valence-electron chi connectivity index (χ0n) is 16.1. The van der Waals surface area contributed by atoms with Crippen LogP contribution in [0.2, 0.25) is 0 Å². The van der Waals surface area contributed by atoms with Crippen LogP contribution in [-0.4, -0.2) is 75.6 Å². The number of rotatable bonds is 7. The van der Waals surface area contributed by atoms with E-state index in [4.69, 9.17) is 9.47 Å². The number of carbonyl (C=O) groups excluding carboxylic acids is 1. The van der Waals surface area contributed by atoms with Crippen molar-refractivity contribution in [1.29, 1.82) is 0 Å². The third kappa shape index (κ3) is 4.71. The van der Waals surface area contributed by atoms with Crippen LogP contribution < -0.4 is 0 Å². The van der Waals surface area contributed by atoms with E-state index in [1.165, 1.54) is 28.6 Å². The first-order chi connectivity index (χ1) is 13.4. The third-order valence-electron chi connectivity index (χ3n) is 5.39. The molecule has 9 heteroatoms. The molecular weight excluding hydrogens is 387 g/mol. The van der Waals surface area contributed by atoms with Crippen LogP contribution in [0, 0.1) is 5.82 Å². The van der Waals surface area contributed by atoms with Crippen LogP contribution in [0.25, 0.3) is 0 Å². The number of benzene rings is 1. The molecule has 156 valence electrons. The highest BCUT2D eigenvalue weighted by molar-refractivity contribution is 7.88. The second kappa shape index (κ2) is 8.86. The molecule has 7 nitrogen and oxygen atoms in total. The molecule has 2 aliphatic rings. The second-order valence-electron chi connectivity index (χ2n) is 7.38. The Morgan fingerprint density at radius 2 is 2.04 bits per heavy atom. The second-order valence-corrected chi connectivity index (χ2v) is 9.35. The van der Waals surface area contributed by atoms with Crippen molar-refractivity contribution in [2.75, 3.05) is 46.6 Å². The van der Waals surface area contributed by atoms with Gasteiger partial charge in [-0.25, -0.2) is 12.8 Å². The molecule has 0 bridgehead atoms. The highest BCUT2D eigenvalue weighted by Crippen LogP contribution is 2.32. The van der Waals surface area contributed by atoms with E-state index in [2.05, 4.69) is 0 Å². The fraction of sp³-hybridized carbons (Fsp3) is 0.632. The number of halogens is 1. The van der Waals surface area contributed by atoms with Gasteiger partial charge in [-0.3, -0.25) is 4.79 Å². The smallest absolute Gasteiger partial charge is 0.224 e. The molecule has 2 aliphatic heterocycles. The molecule has 1 unspecified atom stereocenters. The number of amides is 1. The highest BCUT2D eigenvalue weighted by atomic mass is 32.2. The van der Waals surface area contributed by atoms with Crippen molar-refractivity contribution in [2.24, 2.45) is 0 Å². The van der Waals surface area contributed by atoms with Gasteiger partial charge in [-0.05, 0) is 30.5 Å². The molecule has 3 rings (SSSR count). The summed E-state index contributed by atoms with van der Waals surface area (Å²) in [5.74, 6) is -0.682. The summed E-state index contributed by atoms with van der Waals surface area (Å²) in [6.07, 6.45) is 1.43. The van der Waals surface area contributed by atoms with Gasteiger partial charge in [-0.15, -0.1) is 0 Å². The molecule has 0 radical (unpaired) electrons. The lowest BCUT2D eigenvalue weighted by Crippen LogP contribution is -2.57. The average Bonchev–Trinajstić information content (AvgIpc) is 3.07. The Morgan fingerprint density at radius 3 is 2.68 bits per heavy atom. The number of methoxy groups -OCH3 is 1. The quantitative estimate of drug-likeness (QED) is 0.630. The van der Waals surface area contributed by atoms with Crippen molar-refractivity contribution in [1.82, 2.24) is 9.21 Å². The lowest BCUT2D eigenvalue weighted by Gasteiger charge is -2.40. The van der Waals surface area contributed by atoms with Crippen LogP contribution in [0.1, 0.15) is 24.8 Å². The minimum Gasteiger partial charge on any atom is -0.385 e. The van der Waals surface area contributed by atoms with E-state index in [0.717, 1.165) is 0 Å². The number of hydrogen-bond donors (Lipinski definition) is 0. The molecule has 2 fully saturated rings. The number of hydrogen-bond acceptors (Lipinski definition) is 5. The summed E-state index contributed by atoms with van der Waals surface area (Å²) < 4.78 is 51.3. The zero-order chi connectivity index (χ0) is 20.2. The van der Waals surface area contributed by atoms with Gasteiger partial charge in [0, 0.05) is 46.4 Å². The SMILES string of the molecule is COCCCN1C(=O)CCN(S(=O)(=O)Cc2ccc(F)cc2)CC12CCOC2. The molecule has 1 atom stereocenters. The molecule has 2 heterocycles. The van der Waals surface area contributed by atoms with Gasteiger partial charge in [0.15, 0.2) is 0 Å². The van der Waals surface area contributed by atoms with Gasteiger partial charge in [-0.2, -0.15) is 4.31 Å². The summed E-state index contributed by atoms with van der Waals surface area (Å²) in [5, 5.41) is 0. The molecule has 1 aromatic carbocycles. The summed E-state index contributed by atoms with van der Waals surface area (Å²) in [7, 11) is -2.04. The first-order valence-corrected chi connectivity index (χ1v) is 11.1. The molecule has 0 aromatic heterocycles. The predicted octanol–water partition coefficient (Wildman–Crippen LogP) is 1.39. The number of nitrogens with zero attached hydrogens (tertiary/aromatic N) is 2. The van der Waals surface area contributed by atoms with Crippen LogP contribution in [0.15, 0.2) is 24.3 Å². The zero-order valence-corrected chi connectivity index (χ0v) is 16.9. The third-order valence-corrected chi connectivity index (χ3v) is 7.18. The van der Waals surface area contributed by atoms with Crippen molar-refractivity contribution >= 4 is 15.9 Å². The standard InChI is InChI=1S/C19H27FN2O5S/c1-26-11-2-9-22-18(23)7-10-21(14-19(22)8-12-27-15-19)28(24,25)13-16-3-5-17(20)6-4-16/h3-6H,2,7-15H2,1H3. The topological polar surface area (TPSA) is 76.2 Å². The first kappa shape index (κ1) is 21.2. The first-order valence-electron chi connectivity index (χ1n) is 9.46. The number of ether oxygens (including phenoxy) is 2. The summed E-state index contributed by atoms with van der Waals surface area (Å²) in [6, 6.07) is 5.45. The highest BCUT2D eigenvalue weighted by Gasteiger charge is 2.47. The molecule has 2 saturated heterocycles. The fourth-order valence-corrected chi connectivity index (χ4v) is 5.50. The van der Waals surface area contributed by atoms with Crippen LogP contribution in [0.4, 0.5) is 4.39 Å². The number of sulfonamides is 1. The van der Waals surface area contributed by atoms with Crippen LogP contribution in [-0.2, 0) is 30.0 Å². The Kier molecular flexibility index (Phi) is 6.69. The Balaban J connectivity index is 1.81. The fourth-order valence-electron chi connectivity index (χ4n) is 3.90. The van der Waals surface area contributed by atoms with Gasteiger partial charge < -0.3 is 14.4 Å². The van der Waals surface area contributed by atoms with E-state index in [9.17, 15) is 17.6 Å². The van der Waals surface area contributed by atoms with Crippen molar-refractivity contribution < 1.29 is 27.1 Å². The Labute approximate surface area is 165 Å². The van der Waals surface area contributed by atoms with Gasteiger partial charge in [0.25, 0.3) is 0 Å². The Hall–Kier alpha value is -1.55. The van der Waals surface area contributed by atoms with Crippen molar-refractivity contribution in [2.45, 2.75) is 30.6 Å². The van der Waals surface area contributed by atoms with E-state index in [0.29, 0.717) is 44.8 Å². The van der Waals surface area contributed by atoms with Gasteiger partial charge in [-0.1, -0.05) is 12.1 Å². The van der Waals surface area contributed by atoms with Crippen molar-refractivity contribution in [3.05, 3.63) is 35.6 Å². The molecule has 28 heavy (non-hydrogen) atoms. The van der Waals surface area contributed by atoms with Gasteiger partial charge >= 0.3 is 0 Å². The molecular formula is C19H27FN2O5S. The lowest BCUT2D eigenvalue weighted by molar-refractivity contribution is -0.136. The van der Waals surface area contributed by atoms with Gasteiger partial charge in [0.1, 0.15) is 5.82 Å². The maximum Gasteiger partial charge on any atom is 0.224 e. The van der Waals surface area contributed by atoms with E-state index in [-0.39, 0.29) is 31.2 Å². The Morgan fingerprint density at radius 1 is 1.29 bits per heavy atom. The molecule has 1 amide bonds. The normalized spacial score (nSPS) is 24.1. The van der Waals surface area contributed by atoms with Gasteiger partial charge in [0.05, 0.1) is 17.9 Å². The average molecular weight is 414 g/mol. The van der Waals surface area contributed by atoms with E-state index in [1.54, 1.807) is 12.0 Å². The van der Waals surface area contributed by atoms with E-state index < -0.39 is 21.4 Å². The largest absolute Gasteiger partial charge is 0.385 e. The predicted molar refractivity (Wildman–Crippen MR) is 102 cm³/mol. The molecule has 0 saturated carbocycles.